The third-order valence-electron chi connectivity index (χ3n) is 3.43. The molecular formula is C17H17ClO3S. The van der Waals surface area contributed by atoms with Crippen LogP contribution in [0.25, 0.3) is 0 Å². The highest BCUT2D eigenvalue weighted by atomic mass is 35.5. The average Bonchev–Trinajstić information content (AvgIpc) is 2.49. The first-order chi connectivity index (χ1) is 10.6. The minimum atomic E-state index is -0.993. The second kappa shape index (κ2) is 6.71. The summed E-state index contributed by atoms with van der Waals surface area (Å²) in [5.41, 5.74) is 3.18. The van der Waals surface area contributed by atoms with Crippen LogP contribution in [-0.2, 0) is 22.3 Å². The van der Waals surface area contributed by atoms with Crippen LogP contribution in [0.2, 0.25) is 5.02 Å². The van der Waals surface area contributed by atoms with Gasteiger partial charge in [0.1, 0.15) is 13.2 Å². The van der Waals surface area contributed by atoms with Crippen LogP contribution < -0.4 is 9.47 Å². The van der Waals surface area contributed by atoms with E-state index in [0.717, 1.165) is 11.1 Å². The van der Waals surface area contributed by atoms with E-state index in [9.17, 15) is 4.21 Å². The SMILES string of the molecule is Cc1ccc(CS(=O)Cc2cc(Cl)c3c(c2)OCCO3)cc1. The van der Waals surface area contributed by atoms with Crippen LogP contribution in [0.15, 0.2) is 36.4 Å². The predicted octanol–water partition coefficient (Wildman–Crippen LogP) is 3.87. The zero-order valence-electron chi connectivity index (χ0n) is 12.3. The smallest absolute Gasteiger partial charge is 0.179 e. The van der Waals surface area contributed by atoms with Crippen LogP contribution in [0.5, 0.6) is 11.5 Å². The van der Waals surface area contributed by atoms with E-state index in [-0.39, 0.29) is 0 Å². The summed E-state index contributed by atoms with van der Waals surface area (Å²) >= 11 is 6.20. The van der Waals surface area contributed by atoms with E-state index in [2.05, 4.69) is 0 Å². The van der Waals surface area contributed by atoms with Crippen molar-refractivity contribution in [3.05, 3.63) is 58.1 Å². The highest BCUT2D eigenvalue weighted by molar-refractivity contribution is 7.83. The van der Waals surface area contributed by atoms with Gasteiger partial charge in [-0.1, -0.05) is 41.4 Å². The predicted molar refractivity (Wildman–Crippen MR) is 89.2 cm³/mol. The zero-order valence-corrected chi connectivity index (χ0v) is 13.9. The standard InChI is InChI=1S/C17H17ClO3S/c1-12-2-4-13(5-3-12)10-22(19)11-14-8-15(18)17-16(9-14)20-6-7-21-17/h2-5,8-9H,6-7,10-11H2,1H3. The number of hydrogen-bond donors (Lipinski definition) is 0. The van der Waals surface area contributed by atoms with Crippen molar-refractivity contribution in [1.82, 2.24) is 0 Å². The Morgan fingerprint density at radius 2 is 1.73 bits per heavy atom. The third kappa shape index (κ3) is 3.62. The molecule has 3 rings (SSSR count). The molecule has 0 saturated heterocycles. The Labute approximate surface area is 137 Å². The Hall–Kier alpha value is -1.52. The van der Waals surface area contributed by atoms with Gasteiger partial charge in [0.25, 0.3) is 0 Å². The molecule has 1 aliphatic heterocycles. The van der Waals surface area contributed by atoms with Crippen LogP contribution in [0.4, 0.5) is 0 Å². The van der Waals surface area contributed by atoms with Crippen molar-refractivity contribution in [2.24, 2.45) is 0 Å². The molecular weight excluding hydrogens is 320 g/mol. The van der Waals surface area contributed by atoms with Gasteiger partial charge in [-0.15, -0.1) is 0 Å². The van der Waals surface area contributed by atoms with Crippen molar-refractivity contribution in [3.63, 3.8) is 0 Å². The molecule has 3 nitrogen and oxygen atoms in total. The Kier molecular flexibility index (Phi) is 4.69. The van der Waals surface area contributed by atoms with Gasteiger partial charge in [-0.2, -0.15) is 0 Å². The lowest BCUT2D eigenvalue weighted by atomic mass is 10.2. The largest absolute Gasteiger partial charge is 0.486 e. The number of fused-ring (bicyclic) bond motifs is 1. The van der Waals surface area contributed by atoms with Gasteiger partial charge < -0.3 is 9.47 Å². The molecule has 22 heavy (non-hydrogen) atoms. The Bertz CT molecular complexity index is 698. The van der Waals surface area contributed by atoms with E-state index in [1.807, 2.05) is 43.3 Å². The van der Waals surface area contributed by atoms with Crippen molar-refractivity contribution in [3.8, 4) is 11.5 Å². The number of aryl methyl sites for hydroxylation is 1. The van der Waals surface area contributed by atoms with E-state index < -0.39 is 10.8 Å². The Morgan fingerprint density at radius 3 is 2.50 bits per heavy atom. The van der Waals surface area contributed by atoms with Gasteiger partial charge in [0.2, 0.25) is 0 Å². The summed E-state index contributed by atoms with van der Waals surface area (Å²) in [6, 6.07) is 11.8. The molecule has 1 atom stereocenters. The summed E-state index contributed by atoms with van der Waals surface area (Å²) in [6.07, 6.45) is 0. The maximum atomic E-state index is 12.3. The summed E-state index contributed by atoms with van der Waals surface area (Å²) in [6.45, 7) is 3.06. The highest BCUT2D eigenvalue weighted by Crippen LogP contribution is 2.38. The fourth-order valence-electron chi connectivity index (χ4n) is 2.35. The summed E-state index contributed by atoms with van der Waals surface area (Å²) in [5.74, 6) is 2.21. The molecule has 0 N–H and O–H groups in total. The molecule has 0 spiro atoms. The number of rotatable bonds is 4. The molecule has 1 unspecified atom stereocenters. The highest BCUT2D eigenvalue weighted by Gasteiger charge is 2.17. The first-order valence-corrected chi connectivity index (χ1v) is 8.97. The van der Waals surface area contributed by atoms with Gasteiger partial charge >= 0.3 is 0 Å². The second-order valence-corrected chi connectivity index (χ2v) is 7.18. The maximum Gasteiger partial charge on any atom is 0.179 e. The van der Waals surface area contributed by atoms with E-state index in [4.69, 9.17) is 21.1 Å². The molecule has 0 aliphatic carbocycles. The van der Waals surface area contributed by atoms with Crippen LogP contribution in [0.3, 0.4) is 0 Å². The average molecular weight is 337 g/mol. The molecule has 1 heterocycles. The van der Waals surface area contributed by atoms with Gasteiger partial charge in [0, 0.05) is 22.3 Å². The molecule has 0 aromatic heterocycles. The lowest BCUT2D eigenvalue weighted by Crippen LogP contribution is -2.16. The van der Waals surface area contributed by atoms with Gasteiger partial charge in [-0.3, -0.25) is 4.21 Å². The van der Waals surface area contributed by atoms with Gasteiger partial charge in [-0.25, -0.2) is 0 Å². The number of halogens is 1. The minimum Gasteiger partial charge on any atom is -0.486 e. The van der Waals surface area contributed by atoms with E-state index in [1.54, 1.807) is 0 Å². The lowest BCUT2D eigenvalue weighted by molar-refractivity contribution is 0.171. The van der Waals surface area contributed by atoms with Gasteiger partial charge in [0.05, 0.1) is 5.02 Å². The lowest BCUT2D eigenvalue weighted by Gasteiger charge is -2.20. The van der Waals surface area contributed by atoms with Crippen LogP contribution >= 0.6 is 11.6 Å². The molecule has 1 aliphatic rings. The summed E-state index contributed by atoms with van der Waals surface area (Å²) in [7, 11) is -0.993. The van der Waals surface area contributed by atoms with E-state index in [0.29, 0.717) is 41.2 Å². The fraction of sp³-hybridized carbons (Fsp3) is 0.294. The molecule has 0 bridgehead atoms. The van der Waals surface area contributed by atoms with Crippen molar-refractivity contribution >= 4 is 22.4 Å². The molecule has 0 fully saturated rings. The normalized spacial score (nSPS) is 14.6. The molecule has 2 aromatic carbocycles. The van der Waals surface area contributed by atoms with Crippen molar-refractivity contribution in [2.75, 3.05) is 13.2 Å². The number of benzene rings is 2. The summed E-state index contributed by atoms with van der Waals surface area (Å²) in [4.78, 5) is 0. The number of hydrogen-bond acceptors (Lipinski definition) is 3. The maximum absolute atomic E-state index is 12.3. The first-order valence-electron chi connectivity index (χ1n) is 7.10. The Balaban J connectivity index is 1.71. The molecule has 0 amide bonds. The quantitative estimate of drug-likeness (QED) is 0.850. The summed E-state index contributed by atoms with van der Waals surface area (Å²) in [5, 5.41) is 0.513. The van der Waals surface area contributed by atoms with Crippen LogP contribution in [-0.4, -0.2) is 17.4 Å². The van der Waals surface area contributed by atoms with E-state index in [1.165, 1.54) is 5.56 Å². The molecule has 5 heteroatoms. The van der Waals surface area contributed by atoms with Crippen LogP contribution in [0, 0.1) is 6.92 Å². The van der Waals surface area contributed by atoms with Crippen molar-refractivity contribution in [2.45, 2.75) is 18.4 Å². The van der Waals surface area contributed by atoms with Gasteiger partial charge in [-0.05, 0) is 30.2 Å². The fourth-order valence-corrected chi connectivity index (χ4v) is 3.85. The van der Waals surface area contributed by atoms with E-state index >= 15 is 0 Å². The first kappa shape index (κ1) is 15.4. The minimum absolute atomic E-state index is 0.449. The monoisotopic (exact) mass is 336 g/mol. The van der Waals surface area contributed by atoms with Crippen LogP contribution in [0.1, 0.15) is 16.7 Å². The van der Waals surface area contributed by atoms with Crippen molar-refractivity contribution in [1.29, 1.82) is 0 Å². The van der Waals surface area contributed by atoms with Gasteiger partial charge in [0.15, 0.2) is 11.5 Å². The molecule has 0 radical (unpaired) electrons. The summed E-state index contributed by atoms with van der Waals surface area (Å²) < 4.78 is 23.4. The zero-order chi connectivity index (χ0) is 15.5. The Morgan fingerprint density at radius 1 is 1.05 bits per heavy atom. The second-order valence-electron chi connectivity index (χ2n) is 5.32. The topological polar surface area (TPSA) is 35.5 Å². The molecule has 0 saturated carbocycles. The van der Waals surface area contributed by atoms with Crippen molar-refractivity contribution < 1.29 is 13.7 Å². The molecule has 2 aromatic rings. The third-order valence-corrected chi connectivity index (χ3v) is 5.02. The molecule has 116 valence electrons. The number of ether oxygens (including phenoxy) is 2.